The summed E-state index contributed by atoms with van der Waals surface area (Å²) in [5, 5.41) is 7.65. The van der Waals surface area contributed by atoms with E-state index in [9.17, 15) is 27.6 Å². The van der Waals surface area contributed by atoms with Crippen molar-refractivity contribution in [3.8, 4) is 5.75 Å². The van der Waals surface area contributed by atoms with E-state index in [-0.39, 0.29) is 37.5 Å². The van der Waals surface area contributed by atoms with Crippen molar-refractivity contribution in [3.05, 3.63) is 101 Å². The van der Waals surface area contributed by atoms with Gasteiger partial charge in [0.2, 0.25) is 33.7 Å². The van der Waals surface area contributed by atoms with E-state index < -0.39 is 39.2 Å². The molecule has 4 N–H and O–H groups in total. The molecule has 1 saturated heterocycles. The Morgan fingerprint density at radius 3 is 2.04 bits per heavy atom. The number of carbonyl (C=O) groups is 4. The van der Waals surface area contributed by atoms with Crippen LogP contribution in [0.3, 0.4) is 0 Å². The van der Waals surface area contributed by atoms with E-state index in [0.717, 1.165) is 30.4 Å². The standard InChI is InChI=1S/C35H42N4O7S/c1-3-4-8-19-36-34(42)29(21-25-11-15-27(16-12-25)31-23-33(41)39-47(31,44)45)38-35(43)30(20-24-9-6-5-7-10-24)37-32(40)22-26-13-17-28(46-2)18-14-26/h5-7,9-18,29-31H,3-4,8,19-23H2,1-2H3,(H,36,42)(H,37,40)(H,38,43)(H,39,41). The van der Waals surface area contributed by atoms with Gasteiger partial charge in [0.1, 0.15) is 23.1 Å². The zero-order valence-electron chi connectivity index (χ0n) is 26.7. The Kier molecular flexibility index (Phi) is 12.5. The molecule has 3 aromatic carbocycles. The minimum atomic E-state index is -3.80. The average molecular weight is 663 g/mol. The summed E-state index contributed by atoms with van der Waals surface area (Å²) in [7, 11) is -2.24. The molecule has 0 spiro atoms. The van der Waals surface area contributed by atoms with Gasteiger partial charge in [-0.05, 0) is 40.8 Å². The minimum absolute atomic E-state index is 0.0497. The largest absolute Gasteiger partial charge is 0.497 e. The van der Waals surface area contributed by atoms with Gasteiger partial charge in [-0.25, -0.2) is 8.42 Å². The lowest BCUT2D eigenvalue weighted by Gasteiger charge is -2.24. The van der Waals surface area contributed by atoms with Gasteiger partial charge < -0.3 is 20.7 Å². The molecule has 4 amide bonds. The lowest BCUT2D eigenvalue weighted by molar-refractivity contribution is -0.132. The highest BCUT2D eigenvalue weighted by Gasteiger charge is 2.37. The highest BCUT2D eigenvalue weighted by Crippen LogP contribution is 2.30. The topological polar surface area (TPSA) is 160 Å². The van der Waals surface area contributed by atoms with Gasteiger partial charge in [-0.15, -0.1) is 0 Å². The highest BCUT2D eigenvalue weighted by atomic mass is 32.2. The Labute approximate surface area is 275 Å². The van der Waals surface area contributed by atoms with Crippen LogP contribution < -0.4 is 25.4 Å². The molecule has 0 radical (unpaired) electrons. The molecule has 1 aliphatic heterocycles. The summed E-state index contributed by atoms with van der Waals surface area (Å²) in [6.45, 7) is 2.51. The highest BCUT2D eigenvalue weighted by molar-refractivity contribution is 7.90. The molecule has 0 aromatic heterocycles. The zero-order valence-corrected chi connectivity index (χ0v) is 27.5. The summed E-state index contributed by atoms with van der Waals surface area (Å²) in [5.74, 6) is -1.11. The average Bonchev–Trinajstić information content (AvgIpc) is 3.34. The van der Waals surface area contributed by atoms with Crippen molar-refractivity contribution < 1.29 is 32.3 Å². The van der Waals surface area contributed by atoms with Crippen molar-refractivity contribution in [1.29, 1.82) is 0 Å². The number of unbranched alkanes of at least 4 members (excludes halogenated alkanes) is 2. The number of ether oxygens (including phenoxy) is 1. The Morgan fingerprint density at radius 2 is 1.45 bits per heavy atom. The molecular weight excluding hydrogens is 620 g/mol. The van der Waals surface area contributed by atoms with Crippen LogP contribution in [-0.4, -0.2) is 57.8 Å². The van der Waals surface area contributed by atoms with E-state index in [4.69, 9.17) is 4.74 Å². The van der Waals surface area contributed by atoms with Crippen LogP contribution in [0, 0.1) is 0 Å². The second-order valence-corrected chi connectivity index (χ2v) is 13.5. The normalized spacial score (nSPS) is 16.4. The van der Waals surface area contributed by atoms with Gasteiger partial charge in [0, 0.05) is 19.4 Å². The van der Waals surface area contributed by atoms with Crippen molar-refractivity contribution in [3.63, 3.8) is 0 Å². The van der Waals surface area contributed by atoms with Crippen molar-refractivity contribution >= 4 is 33.7 Å². The fraction of sp³-hybridized carbons (Fsp3) is 0.371. The number of methoxy groups -OCH3 is 1. The predicted molar refractivity (Wildman–Crippen MR) is 178 cm³/mol. The number of amides is 4. The number of hydrogen-bond acceptors (Lipinski definition) is 7. The third-order valence-electron chi connectivity index (χ3n) is 7.96. The molecule has 250 valence electrons. The number of sulfonamides is 1. The maximum Gasteiger partial charge on any atom is 0.243 e. The van der Waals surface area contributed by atoms with Gasteiger partial charge in [-0.1, -0.05) is 86.5 Å². The molecule has 12 heteroatoms. The number of carbonyl (C=O) groups excluding carboxylic acids is 4. The first-order valence-electron chi connectivity index (χ1n) is 15.8. The zero-order chi connectivity index (χ0) is 33.8. The van der Waals surface area contributed by atoms with Crippen molar-refractivity contribution in [2.75, 3.05) is 13.7 Å². The van der Waals surface area contributed by atoms with Crippen molar-refractivity contribution in [1.82, 2.24) is 20.7 Å². The second-order valence-electron chi connectivity index (χ2n) is 11.6. The predicted octanol–water partition coefficient (Wildman–Crippen LogP) is 2.89. The van der Waals surface area contributed by atoms with Crippen LogP contribution in [0.4, 0.5) is 0 Å². The summed E-state index contributed by atoms with van der Waals surface area (Å²) >= 11 is 0. The van der Waals surface area contributed by atoms with Gasteiger partial charge in [0.15, 0.2) is 0 Å². The van der Waals surface area contributed by atoms with E-state index in [2.05, 4.69) is 22.9 Å². The molecule has 4 rings (SSSR count). The monoisotopic (exact) mass is 662 g/mol. The fourth-order valence-corrected chi connectivity index (χ4v) is 6.80. The van der Waals surface area contributed by atoms with Gasteiger partial charge >= 0.3 is 0 Å². The summed E-state index contributed by atoms with van der Waals surface area (Å²) in [5.41, 5.74) is 2.73. The number of rotatable bonds is 16. The fourth-order valence-electron chi connectivity index (χ4n) is 5.38. The Hall–Kier alpha value is -4.71. The number of hydrogen-bond donors (Lipinski definition) is 4. The molecule has 1 heterocycles. The summed E-state index contributed by atoms with van der Waals surface area (Å²) in [4.78, 5) is 52.0. The van der Waals surface area contributed by atoms with Crippen LogP contribution in [0.5, 0.6) is 5.75 Å². The van der Waals surface area contributed by atoms with Crippen LogP contribution in [0.25, 0.3) is 0 Å². The molecular formula is C35H42N4O7S. The number of nitrogens with one attached hydrogen (secondary N) is 4. The molecule has 3 aromatic rings. The van der Waals surface area contributed by atoms with Crippen LogP contribution in [-0.2, 0) is 48.5 Å². The van der Waals surface area contributed by atoms with E-state index in [1.165, 1.54) is 0 Å². The molecule has 3 unspecified atom stereocenters. The quantitative estimate of drug-likeness (QED) is 0.172. The third kappa shape index (κ3) is 10.4. The SMILES string of the molecule is CCCCCNC(=O)C(Cc1ccc(C2CC(=O)NS2(=O)=O)cc1)NC(=O)C(Cc1ccccc1)NC(=O)Cc1ccc(OC)cc1. The van der Waals surface area contributed by atoms with Crippen LogP contribution in [0.1, 0.15) is 60.1 Å². The summed E-state index contributed by atoms with van der Waals surface area (Å²) < 4.78 is 31.8. The lowest BCUT2D eigenvalue weighted by atomic mass is 10.00. The van der Waals surface area contributed by atoms with Crippen molar-refractivity contribution in [2.45, 2.75) is 69.2 Å². The van der Waals surface area contributed by atoms with Crippen LogP contribution >= 0.6 is 0 Å². The Balaban J connectivity index is 1.51. The summed E-state index contributed by atoms with van der Waals surface area (Å²) in [6.07, 6.45) is 2.94. The van der Waals surface area contributed by atoms with E-state index in [0.29, 0.717) is 23.4 Å². The van der Waals surface area contributed by atoms with Crippen molar-refractivity contribution in [2.24, 2.45) is 0 Å². The molecule has 47 heavy (non-hydrogen) atoms. The smallest absolute Gasteiger partial charge is 0.243 e. The first-order valence-corrected chi connectivity index (χ1v) is 17.3. The van der Waals surface area contributed by atoms with E-state index >= 15 is 0 Å². The first kappa shape index (κ1) is 35.1. The Bertz CT molecular complexity index is 1630. The molecule has 3 atom stereocenters. The third-order valence-corrected chi connectivity index (χ3v) is 9.66. The molecule has 11 nitrogen and oxygen atoms in total. The van der Waals surface area contributed by atoms with E-state index in [1.807, 2.05) is 35.1 Å². The molecule has 0 aliphatic carbocycles. The maximum atomic E-state index is 13.8. The first-order chi connectivity index (χ1) is 22.6. The van der Waals surface area contributed by atoms with Gasteiger partial charge in [-0.2, -0.15) is 0 Å². The molecule has 1 fully saturated rings. The summed E-state index contributed by atoms with van der Waals surface area (Å²) in [6, 6.07) is 21.1. The van der Waals surface area contributed by atoms with E-state index in [1.54, 1.807) is 55.6 Å². The number of benzene rings is 3. The lowest BCUT2D eigenvalue weighted by Crippen LogP contribution is -2.55. The van der Waals surface area contributed by atoms with Crippen LogP contribution in [0.2, 0.25) is 0 Å². The molecule has 0 saturated carbocycles. The van der Waals surface area contributed by atoms with Gasteiger partial charge in [-0.3, -0.25) is 23.9 Å². The van der Waals surface area contributed by atoms with Gasteiger partial charge in [0.25, 0.3) is 0 Å². The van der Waals surface area contributed by atoms with Crippen LogP contribution in [0.15, 0.2) is 78.9 Å². The second kappa shape index (κ2) is 16.7. The molecule has 1 aliphatic rings. The molecule has 0 bridgehead atoms. The minimum Gasteiger partial charge on any atom is -0.497 e. The maximum absolute atomic E-state index is 13.8. The van der Waals surface area contributed by atoms with Gasteiger partial charge in [0.05, 0.1) is 20.0 Å². The Morgan fingerprint density at radius 1 is 0.830 bits per heavy atom.